The Morgan fingerprint density at radius 2 is 2.10 bits per heavy atom. The van der Waals surface area contributed by atoms with Crippen molar-refractivity contribution in [3.05, 3.63) is 70.8 Å². The summed E-state index contributed by atoms with van der Waals surface area (Å²) in [6, 6.07) is 10.6. The van der Waals surface area contributed by atoms with E-state index in [0.29, 0.717) is 28.6 Å². The third-order valence-corrected chi connectivity index (χ3v) is 3.56. The molecule has 0 bridgehead atoms. The number of aliphatic hydroxyl groups excluding tert-OH is 1. The molecule has 3 nitrogen and oxygen atoms in total. The molecule has 0 aliphatic heterocycles. The molecule has 4 heteroatoms. The van der Waals surface area contributed by atoms with E-state index in [2.05, 4.69) is 6.58 Å². The second-order valence-corrected chi connectivity index (χ2v) is 5.18. The highest BCUT2D eigenvalue weighted by Crippen LogP contribution is 2.33. The van der Waals surface area contributed by atoms with Crippen LogP contribution in [0.15, 0.2) is 49.1 Å². The van der Waals surface area contributed by atoms with Gasteiger partial charge >= 0.3 is 0 Å². The summed E-state index contributed by atoms with van der Waals surface area (Å²) >= 11 is 5.99. The van der Waals surface area contributed by atoms with E-state index in [1.807, 2.05) is 25.1 Å². The van der Waals surface area contributed by atoms with Gasteiger partial charge in [0.15, 0.2) is 0 Å². The minimum absolute atomic E-state index is 0.416. The summed E-state index contributed by atoms with van der Waals surface area (Å²) in [7, 11) is 0. The van der Waals surface area contributed by atoms with Crippen molar-refractivity contribution in [2.24, 2.45) is 0 Å². The summed E-state index contributed by atoms with van der Waals surface area (Å²) in [5, 5.41) is 11.2. The van der Waals surface area contributed by atoms with E-state index >= 15 is 0 Å². The molecule has 0 amide bonds. The molecule has 1 unspecified atom stereocenters. The molecule has 2 rings (SSSR count). The van der Waals surface area contributed by atoms with Crippen molar-refractivity contribution in [1.82, 2.24) is 0 Å². The SMILES string of the molecule is C=CCOc1cccc(C(O)c2cc(Cl)ccc2N)c1C. The molecule has 0 fully saturated rings. The number of benzene rings is 2. The van der Waals surface area contributed by atoms with Crippen LogP contribution < -0.4 is 10.5 Å². The van der Waals surface area contributed by atoms with E-state index in [-0.39, 0.29) is 0 Å². The molecule has 0 heterocycles. The first-order valence-corrected chi connectivity index (χ1v) is 6.98. The lowest BCUT2D eigenvalue weighted by atomic mass is 9.96. The Bertz CT molecular complexity index is 655. The van der Waals surface area contributed by atoms with Crippen LogP contribution in [0.4, 0.5) is 5.69 Å². The van der Waals surface area contributed by atoms with Crippen LogP contribution >= 0.6 is 11.6 Å². The average Bonchev–Trinajstić information content (AvgIpc) is 2.48. The number of hydrogen-bond donors (Lipinski definition) is 2. The van der Waals surface area contributed by atoms with Crippen molar-refractivity contribution in [2.45, 2.75) is 13.0 Å². The zero-order valence-corrected chi connectivity index (χ0v) is 12.6. The Morgan fingerprint density at radius 1 is 1.33 bits per heavy atom. The maximum absolute atomic E-state index is 10.6. The first-order chi connectivity index (χ1) is 10.0. The maximum Gasteiger partial charge on any atom is 0.123 e. The molecule has 0 aliphatic carbocycles. The van der Waals surface area contributed by atoms with Crippen molar-refractivity contribution in [3.8, 4) is 5.75 Å². The monoisotopic (exact) mass is 303 g/mol. The molecule has 0 aromatic heterocycles. The Kier molecular flexibility index (Phi) is 4.89. The highest BCUT2D eigenvalue weighted by molar-refractivity contribution is 6.30. The molecule has 110 valence electrons. The highest BCUT2D eigenvalue weighted by atomic mass is 35.5. The molecule has 0 spiro atoms. The zero-order valence-electron chi connectivity index (χ0n) is 11.8. The Morgan fingerprint density at radius 3 is 2.81 bits per heavy atom. The topological polar surface area (TPSA) is 55.5 Å². The van der Waals surface area contributed by atoms with Crippen LogP contribution in [0.3, 0.4) is 0 Å². The second kappa shape index (κ2) is 6.66. The van der Waals surface area contributed by atoms with Gasteiger partial charge in [0, 0.05) is 16.3 Å². The lowest BCUT2D eigenvalue weighted by Crippen LogP contribution is -2.07. The number of nitrogens with two attached hydrogens (primary N) is 1. The standard InChI is InChI=1S/C17H18ClNO2/c1-3-9-21-16-6-4-5-13(11(16)2)17(20)14-10-12(18)7-8-15(14)19/h3-8,10,17,20H,1,9,19H2,2H3. The van der Waals surface area contributed by atoms with Crippen LogP contribution in [0.5, 0.6) is 5.75 Å². The summed E-state index contributed by atoms with van der Waals surface area (Å²) in [6.07, 6.45) is 0.827. The van der Waals surface area contributed by atoms with Crippen molar-refractivity contribution in [3.63, 3.8) is 0 Å². The van der Waals surface area contributed by atoms with Crippen LogP contribution in [-0.2, 0) is 0 Å². The van der Waals surface area contributed by atoms with Crippen LogP contribution in [0.1, 0.15) is 22.8 Å². The number of aliphatic hydroxyl groups is 1. The predicted octanol–water partition coefficient (Wildman–Crippen LogP) is 3.88. The number of anilines is 1. The van der Waals surface area contributed by atoms with Crippen molar-refractivity contribution < 1.29 is 9.84 Å². The second-order valence-electron chi connectivity index (χ2n) is 4.75. The van der Waals surface area contributed by atoms with Gasteiger partial charge in [0.1, 0.15) is 18.5 Å². The largest absolute Gasteiger partial charge is 0.489 e. The minimum atomic E-state index is -0.851. The van der Waals surface area contributed by atoms with Gasteiger partial charge < -0.3 is 15.6 Å². The Balaban J connectivity index is 2.41. The van der Waals surface area contributed by atoms with Crippen LogP contribution in [0, 0.1) is 6.92 Å². The highest BCUT2D eigenvalue weighted by Gasteiger charge is 2.18. The van der Waals surface area contributed by atoms with Crippen molar-refractivity contribution >= 4 is 17.3 Å². The van der Waals surface area contributed by atoms with Gasteiger partial charge in [-0.25, -0.2) is 0 Å². The molecule has 0 saturated carbocycles. The molecular weight excluding hydrogens is 286 g/mol. The Hall–Kier alpha value is -1.97. The molecule has 2 aromatic carbocycles. The molecule has 0 radical (unpaired) electrons. The number of ether oxygens (including phenoxy) is 1. The molecule has 0 saturated heterocycles. The van der Waals surface area contributed by atoms with Gasteiger partial charge in [-0.05, 0) is 42.3 Å². The fraction of sp³-hybridized carbons (Fsp3) is 0.176. The van der Waals surface area contributed by atoms with E-state index < -0.39 is 6.10 Å². The molecule has 2 aromatic rings. The normalized spacial score (nSPS) is 12.0. The smallest absolute Gasteiger partial charge is 0.123 e. The van der Waals surface area contributed by atoms with Crippen LogP contribution in [0.25, 0.3) is 0 Å². The minimum Gasteiger partial charge on any atom is -0.489 e. The van der Waals surface area contributed by atoms with Gasteiger partial charge in [-0.1, -0.05) is 36.4 Å². The van der Waals surface area contributed by atoms with Gasteiger partial charge in [0.05, 0.1) is 0 Å². The zero-order chi connectivity index (χ0) is 15.4. The number of halogens is 1. The van der Waals surface area contributed by atoms with E-state index in [1.165, 1.54) is 0 Å². The van der Waals surface area contributed by atoms with Gasteiger partial charge in [-0.2, -0.15) is 0 Å². The molecular formula is C17H18ClNO2. The van der Waals surface area contributed by atoms with Crippen molar-refractivity contribution in [2.75, 3.05) is 12.3 Å². The van der Waals surface area contributed by atoms with Crippen LogP contribution in [0.2, 0.25) is 5.02 Å². The van der Waals surface area contributed by atoms with Crippen LogP contribution in [-0.4, -0.2) is 11.7 Å². The number of hydrogen-bond acceptors (Lipinski definition) is 3. The molecule has 21 heavy (non-hydrogen) atoms. The van der Waals surface area contributed by atoms with Gasteiger partial charge in [0.25, 0.3) is 0 Å². The fourth-order valence-corrected chi connectivity index (χ4v) is 2.36. The quantitative estimate of drug-likeness (QED) is 0.651. The number of nitrogen functional groups attached to an aromatic ring is 1. The van der Waals surface area contributed by atoms with Gasteiger partial charge in [-0.15, -0.1) is 0 Å². The van der Waals surface area contributed by atoms with Gasteiger partial charge in [0.2, 0.25) is 0 Å². The van der Waals surface area contributed by atoms with E-state index in [9.17, 15) is 5.11 Å². The lowest BCUT2D eigenvalue weighted by molar-refractivity contribution is 0.219. The summed E-state index contributed by atoms with van der Waals surface area (Å²) in [6.45, 7) is 5.94. The first kappa shape index (κ1) is 15.4. The summed E-state index contributed by atoms with van der Waals surface area (Å²) in [5.41, 5.74) is 8.63. The lowest BCUT2D eigenvalue weighted by Gasteiger charge is -2.18. The molecule has 1 atom stereocenters. The number of rotatable bonds is 5. The maximum atomic E-state index is 10.6. The first-order valence-electron chi connectivity index (χ1n) is 6.60. The van der Waals surface area contributed by atoms with E-state index in [4.69, 9.17) is 22.1 Å². The van der Waals surface area contributed by atoms with E-state index in [1.54, 1.807) is 24.3 Å². The summed E-state index contributed by atoms with van der Waals surface area (Å²) < 4.78 is 5.58. The average molecular weight is 304 g/mol. The third-order valence-electron chi connectivity index (χ3n) is 3.32. The summed E-state index contributed by atoms with van der Waals surface area (Å²) in [4.78, 5) is 0. The Labute approximate surface area is 129 Å². The fourth-order valence-electron chi connectivity index (χ4n) is 2.18. The predicted molar refractivity (Wildman–Crippen MR) is 86.8 cm³/mol. The van der Waals surface area contributed by atoms with E-state index in [0.717, 1.165) is 11.1 Å². The van der Waals surface area contributed by atoms with Gasteiger partial charge in [-0.3, -0.25) is 0 Å². The van der Waals surface area contributed by atoms with Crippen molar-refractivity contribution in [1.29, 1.82) is 0 Å². The molecule has 0 aliphatic rings. The third kappa shape index (κ3) is 3.38. The molecule has 3 N–H and O–H groups in total. The summed E-state index contributed by atoms with van der Waals surface area (Å²) in [5.74, 6) is 0.715.